The molecule has 3 amide bonds. The zero-order chi connectivity index (χ0) is 26.0. The van der Waals surface area contributed by atoms with Gasteiger partial charge in [-0.15, -0.1) is 0 Å². The second kappa shape index (κ2) is 13.5. The summed E-state index contributed by atoms with van der Waals surface area (Å²) in [6, 6.07) is -4.62. The van der Waals surface area contributed by atoms with E-state index in [1.54, 1.807) is 0 Å². The average molecular weight is 487 g/mol. The lowest BCUT2D eigenvalue weighted by molar-refractivity contribution is -0.144. The molecule has 0 radical (unpaired) electrons. The normalized spacial score (nSPS) is 18.9. The Hall–Kier alpha value is -3.22. The van der Waals surface area contributed by atoms with Crippen molar-refractivity contribution in [1.29, 1.82) is 0 Å². The van der Waals surface area contributed by atoms with Crippen LogP contribution < -0.4 is 16.4 Å². The highest BCUT2D eigenvalue weighted by Gasteiger charge is 2.38. The first-order valence-electron chi connectivity index (χ1n) is 11.2. The molecule has 34 heavy (non-hydrogen) atoms. The van der Waals surface area contributed by atoms with Crippen LogP contribution >= 0.6 is 0 Å². The number of carbonyl (C=O) groups excluding carboxylic acids is 3. The summed E-state index contributed by atoms with van der Waals surface area (Å²) >= 11 is 0. The smallest absolute Gasteiger partial charge is 0.326 e. The van der Waals surface area contributed by atoms with Gasteiger partial charge in [-0.2, -0.15) is 0 Å². The van der Waals surface area contributed by atoms with Crippen LogP contribution in [0.2, 0.25) is 0 Å². The van der Waals surface area contributed by atoms with Crippen molar-refractivity contribution >= 4 is 35.6 Å². The highest BCUT2D eigenvalue weighted by atomic mass is 16.4. The van der Waals surface area contributed by atoms with Gasteiger partial charge >= 0.3 is 17.9 Å². The standard InChI is InChI=1S/C21H34N4O9/c1-3-11(2)17(22)20(32)25-10-4-5-14(25)19(31)23-12(6-8-15(26)27)18(30)24-13(21(33)34)7-9-16(28)29/h11-14,17H,3-10,22H2,1-2H3,(H,23,31)(H,24,30)(H,26,27)(H,28,29)(H,33,34). The van der Waals surface area contributed by atoms with Crippen LogP contribution in [0, 0.1) is 5.92 Å². The first kappa shape index (κ1) is 28.8. The van der Waals surface area contributed by atoms with E-state index in [-0.39, 0.29) is 12.3 Å². The lowest BCUT2D eigenvalue weighted by atomic mass is 9.98. The topological polar surface area (TPSA) is 216 Å². The van der Waals surface area contributed by atoms with E-state index in [1.165, 1.54) is 4.90 Å². The molecular weight excluding hydrogens is 452 g/mol. The van der Waals surface area contributed by atoms with E-state index in [0.29, 0.717) is 25.8 Å². The van der Waals surface area contributed by atoms with E-state index < -0.39 is 79.1 Å². The maximum Gasteiger partial charge on any atom is 0.326 e. The number of hydrogen-bond acceptors (Lipinski definition) is 7. The van der Waals surface area contributed by atoms with Crippen LogP contribution in [0.4, 0.5) is 0 Å². The molecule has 1 fully saturated rings. The molecule has 13 nitrogen and oxygen atoms in total. The first-order chi connectivity index (χ1) is 15.9. The van der Waals surface area contributed by atoms with Crippen molar-refractivity contribution in [3.63, 3.8) is 0 Å². The molecule has 0 spiro atoms. The number of rotatable bonds is 14. The third-order valence-corrected chi connectivity index (χ3v) is 5.92. The Morgan fingerprint density at radius 1 is 0.971 bits per heavy atom. The SMILES string of the molecule is CCC(C)C(N)C(=O)N1CCCC1C(=O)NC(CCC(=O)O)C(=O)NC(CCC(=O)O)C(=O)O. The Kier molecular flexibility index (Phi) is 11.4. The molecule has 1 saturated heterocycles. The number of carboxylic acids is 3. The number of nitrogens with two attached hydrogens (primary N) is 1. The van der Waals surface area contributed by atoms with Crippen molar-refractivity contribution < 1.29 is 44.1 Å². The number of likely N-dealkylation sites (tertiary alicyclic amines) is 1. The molecule has 0 aromatic rings. The highest BCUT2D eigenvalue weighted by Crippen LogP contribution is 2.21. The van der Waals surface area contributed by atoms with Crippen LogP contribution in [-0.4, -0.2) is 86.6 Å². The molecule has 0 aromatic carbocycles. The summed E-state index contributed by atoms with van der Waals surface area (Å²) < 4.78 is 0. The fourth-order valence-corrected chi connectivity index (χ4v) is 3.59. The lowest BCUT2D eigenvalue weighted by Gasteiger charge is -2.30. The van der Waals surface area contributed by atoms with E-state index in [4.69, 9.17) is 15.9 Å². The predicted octanol–water partition coefficient (Wildman–Crippen LogP) is -0.865. The van der Waals surface area contributed by atoms with Crippen LogP contribution in [0.3, 0.4) is 0 Å². The third-order valence-electron chi connectivity index (χ3n) is 5.92. The molecule has 5 unspecified atom stereocenters. The summed E-state index contributed by atoms with van der Waals surface area (Å²) in [5, 5.41) is 31.6. The van der Waals surface area contributed by atoms with Gasteiger partial charge < -0.3 is 36.6 Å². The number of carboxylic acid groups (broad SMARTS) is 3. The van der Waals surface area contributed by atoms with Crippen LogP contribution in [0.25, 0.3) is 0 Å². The van der Waals surface area contributed by atoms with Crippen LogP contribution in [0.1, 0.15) is 58.8 Å². The molecule has 5 atom stereocenters. The van der Waals surface area contributed by atoms with Gasteiger partial charge in [-0.3, -0.25) is 24.0 Å². The van der Waals surface area contributed by atoms with Gasteiger partial charge in [0.25, 0.3) is 0 Å². The van der Waals surface area contributed by atoms with Gasteiger partial charge in [0.15, 0.2) is 0 Å². The maximum atomic E-state index is 12.9. The fraction of sp³-hybridized carbons (Fsp3) is 0.714. The van der Waals surface area contributed by atoms with E-state index in [0.717, 1.165) is 0 Å². The first-order valence-corrected chi connectivity index (χ1v) is 11.2. The molecule has 1 aliphatic heterocycles. The second-order valence-corrected chi connectivity index (χ2v) is 8.43. The Labute approximate surface area is 197 Å². The summed E-state index contributed by atoms with van der Waals surface area (Å²) in [6.45, 7) is 4.02. The Bertz CT molecular complexity index is 788. The van der Waals surface area contributed by atoms with Crippen molar-refractivity contribution in [2.24, 2.45) is 11.7 Å². The van der Waals surface area contributed by atoms with Crippen molar-refractivity contribution in [3.05, 3.63) is 0 Å². The Morgan fingerprint density at radius 2 is 1.53 bits per heavy atom. The summed E-state index contributed by atoms with van der Waals surface area (Å²) in [5.41, 5.74) is 6.03. The number of aliphatic carboxylic acids is 3. The molecule has 7 N–H and O–H groups in total. The molecule has 0 aromatic heterocycles. The van der Waals surface area contributed by atoms with Gasteiger partial charge in [-0.1, -0.05) is 20.3 Å². The van der Waals surface area contributed by atoms with Gasteiger partial charge in [0, 0.05) is 19.4 Å². The lowest BCUT2D eigenvalue weighted by Crippen LogP contribution is -2.57. The number of nitrogens with one attached hydrogen (secondary N) is 2. The molecule has 0 bridgehead atoms. The minimum absolute atomic E-state index is 0.107. The molecule has 1 heterocycles. The van der Waals surface area contributed by atoms with E-state index in [2.05, 4.69) is 10.6 Å². The van der Waals surface area contributed by atoms with Crippen molar-refractivity contribution in [3.8, 4) is 0 Å². The summed E-state index contributed by atoms with van der Waals surface area (Å²) in [6.07, 6.45) is -0.189. The maximum absolute atomic E-state index is 12.9. The largest absolute Gasteiger partial charge is 0.481 e. The van der Waals surface area contributed by atoms with Crippen molar-refractivity contribution in [1.82, 2.24) is 15.5 Å². The summed E-state index contributed by atoms with van der Waals surface area (Å²) in [5.74, 6) is -6.08. The average Bonchev–Trinajstić information content (AvgIpc) is 3.26. The van der Waals surface area contributed by atoms with Gasteiger partial charge in [0.2, 0.25) is 17.7 Å². The van der Waals surface area contributed by atoms with Crippen LogP contribution in [-0.2, 0) is 28.8 Å². The number of nitrogens with zero attached hydrogens (tertiary/aromatic N) is 1. The van der Waals surface area contributed by atoms with Crippen molar-refractivity contribution in [2.45, 2.75) is 83.0 Å². The molecule has 1 rings (SSSR count). The Morgan fingerprint density at radius 3 is 2.03 bits per heavy atom. The Balaban J connectivity index is 2.96. The number of amides is 3. The molecular formula is C21H34N4O9. The summed E-state index contributed by atoms with van der Waals surface area (Å²) in [7, 11) is 0. The zero-order valence-electron chi connectivity index (χ0n) is 19.4. The zero-order valence-corrected chi connectivity index (χ0v) is 19.4. The second-order valence-electron chi connectivity index (χ2n) is 8.43. The van der Waals surface area contributed by atoms with Gasteiger partial charge in [0.05, 0.1) is 6.04 Å². The van der Waals surface area contributed by atoms with E-state index >= 15 is 0 Å². The third kappa shape index (κ3) is 8.61. The molecule has 192 valence electrons. The number of hydrogen-bond donors (Lipinski definition) is 6. The predicted molar refractivity (Wildman–Crippen MR) is 117 cm³/mol. The minimum Gasteiger partial charge on any atom is -0.481 e. The van der Waals surface area contributed by atoms with E-state index in [1.807, 2.05) is 13.8 Å². The number of carbonyl (C=O) groups is 6. The monoisotopic (exact) mass is 486 g/mol. The fourth-order valence-electron chi connectivity index (χ4n) is 3.59. The van der Waals surface area contributed by atoms with Crippen molar-refractivity contribution in [2.75, 3.05) is 6.54 Å². The minimum atomic E-state index is -1.54. The highest BCUT2D eigenvalue weighted by molar-refractivity contribution is 5.94. The molecule has 0 saturated carbocycles. The quantitative estimate of drug-likeness (QED) is 0.178. The van der Waals surface area contributed by atoms with E-state index in [9.17, 15) is 33.9 Å². The van der Waals surface area contributed by atoms with Gasteiger partial charge in [-0.05, 0) is 31.6 Å². The molecule has 0 aliphatic carbocycles. The van der Waals surface area contributed by atoms with Crippen LogP contribution in [0.15, 0.2) is 0 Å². The molecule has 1 aliphatic rings. The van der Waals surface area contributed by atoms with Gasteiger partial charge in [-0.25, -0.2) is 4.79 Å². The van der Waals surface area contributed by atoms with Crippen LogP contribution in [0.5, 0.6) is 0 Å². The summed E-state index contributed by atoms with van der Waals surface area (Å²) in [4.78, 5) is 72.9. The molecule has 13 heteroatoms. The van der Waals surface area contributed by atoms with Gasteiger partial charge in [0.1, 0.15) is 18.1 Å².